The normalized spacial score (nSPS) is 12.3. The molecule has 1 amide bonds. The van der Waals surface area contributed by atoms with E-state index in [1.807, 2.05) is 32.8 Å². The van der Waals surface area contributed by atoms with E-state index in [1.54, 1.807) is 24.3 Å². The van der Waals surface area contributed by atoms with E-state index < -0.39 is 17.9 Å². The summed E-state index contributed by atoms with van der Waals surface area (Å²) in [6, 6.07) is 5.87. The number of rotatable bonds is 9. The highest BCUT2D eigenvalue weighted by molar-refractivity contribution is 5.96. The molecule has 0 aromatic heterocycles. The van der Waals surface area contributed by atoms with Crippen molar-refractivity contribution in [1.82, 2.24) is 10.2 Å². The molecule has 2 N–H and O–H groups in total. The second kappa shape index (κ2) is 9.15. The Morgan fingerprint density at radius 1 is 1.30 bits per heavy atom. The van der Waals surface area contributed by atoms with Gasteiger partial charge >= 0.3 is 5.97 Å². The summed E-state index contributed by atoms with van der Waals surface area (Å²) in [6.07, 6.45) is 0.389. The first kappa shape index (κ1) is 19.0. The number of likely N-dealkylation sites (N-methyl/N-ethyl adjacent to an activating group) is 1. The fraction of sp³-hybridized carbons (Fsp3) is 0.529. The third kappa shape index (κ3) is 7.15. The second-order valence-corrected chi connectivity index (χ2v) is 6.17. The van der Waals surface area contributed by atoms with Crippen molar-refractivity contribution in [2.24, 2.45) is 5.92 Å². The number of amides is 1. The number of aliphatic carboxylic acids is 1. The summed E-state index contributed by atoms with van der Waals surface area (Å²) in [7, 11) is 3.90. The standard InChI is InChI=1S/C17H26N2O4/c1-12(2)10-15(17(21)22)18-16(20)13-6-5-7-14(11-13)23-9-8-19(3)4/h5-7,11-12,15H,8-10H2,1-4H3,(H,18,20)(H,21,22). The average Bonchev–Trinajstić information content (AvgIpc) is 2.45. The van der Waals surface area contributed by atoms with Crippen LogP contribution < -0.4 is 10.1 Å². The molecule has 1 unspecified atom stereocenters. The Kier molecular flexibility index (Phi) is 7.54. The zero-order valence-corrected chi connectivity index (χ0v) is 14.2. The third-order valence-electron chi connectivity index (χ3n) is 3.21. The molecule has 0 aliphatic rings. The van der Waals surface area contributed by atoms with Crippen molar-refractivity contribution in [1.29, 1.82) is 0 Å². The number of nitrogens with zero attached hydrogens (tertiary/aromatic N) is 1. The predicted octanol–water partition coefficient (Wildman–Crippen LogP) is 1.86. The molecule has 1 aromatic rings. The first-order valence-corrected chi connectivity index (χ1v) is 7.71. The molecule has 0 saturated heterocycles. The maximum Gasteiger partial charge on any atom is 0.326 e. The van der Waals surface area contributed by atoms with E-state index in [2.05, 4.69) is 5.32 Å². The number of carbonyl (C=O) groups is 2. The molecule has 1 atom stereocenters. The molecule has 0 aliphatic carbocycles. The van der Waals surface area contributed by atoms with Gasteiger partial charge in [0.05, 0.1) is 0 Å². The predicted molar refractivity (Wildman–Crippen MR) is 88.8 cm³/mol. The highest BCUT2D eigenvalue weighted by Crippen LogP contribution is 2.14. The van der Waals surface area contributed by atoms with Crippen LogP contribution in [0.5, 0.6) is 5.75 Å². The highest BCUT2D eigenvalue weighted by Gasteiger charge is 2.21. The average molecular weight is 322 g/mol. The largest absolute Gasteiger partial charge is 0.492 e. The minimum absolute atomic E-state index is 0.178. The third-order valence-corrected chi connectivity index (χ3v) is 3.21. The quantitative estimate of drug-likeness (QED) is 0.725. The van der Waals surface area contributed by atoms with Crippen LogP contribution in [-0.4, -0.2) is 55.2 Å². The summed E-state index contributed by atoms with van der Waals surface area (Å²) >= 11 is 0. The van der Waals surface area contributed by atoms with E-state index in [0.717, 1.165) is 6.54 Å². The maximum absolute atomic E-state index is 12.2. The van der Waals surface area contributed by atoms with Crippen LogP contribution >= 0.6 is 0 Å². The van der Waals surface area contributed by atoms with Crippen LogP contribution in [-0.2, 0) is 4.79 Å². The molecule has 1 rings (SSSR count). The Bertz CT molecular complexity index is 529. The molecular weight excluding hydrogens is 296 g/mol. The van der Waals surface area contributed by atoms with E-state index >= 15 is 0 Å². The van der Waals surface area contributed by atoms with Gasteiger partial charge in [0.15, 0.2) is 0 Å². The van der Waals surface area contributed by atoms with Gasteiger partial charge in [-0.2, -0.15) is 0 Å². The molecule has 0 saturated carbocycles. The second-order valence-electron chi connectivity index (χ2n) is 6.17. The van der Waals surface area contributed by atoms with Crippen LogP contribution in [0.3, 0.4) is 0 Å². The summed E-state index contributed by atoms with van der Waals surface area (Å²) in [5, 5.41) is 11.8. The van der Waals surface area contributed by atoms with Gasteiger partial charge < -0.3 is 20.1 Å². The Morgan fingerprint density at radius 3 is 2.57 bits per heavy atom. The molecule has 6 heteroatoms. The van der Waals surface area contributed by atoms with Crippen molar-refractivity contribution in [3.63, 3.8) is 0 Å². The van der Waals surface area contributed by atoms with E-state index in [0.29, 0.717) is 24.3 Å². The lowest BCUT2D eigenvalue weighted by molar-refractivity contribution is -0.139. The molecule has 0 bridgehead atoms. The summed E-state index contributed by atoms with van der Waals surface area (Å²) in [5.74, 6) is -0.658. The van der Waals surface area contributed by atoms with Gasteiger partial charge in [0, 0.05) is 12.1 Å². The summed E-state index contributed by atoms with van der Waals surface area (Å²) < 4.78 is 5.59. The van der Waals surface area contributed by atoms with Crippen LogP contribution in [0.4, 0.5) is 0 Å². The van der Waals surface area contributed by atoms with Crippen molar-refractivity contribution in [3.8, 4) is 5.75 Å². The van der Waals surface area contributed by atoms with Gasteiger partial charge in [-0.3, -0.25) is 4.79 Å². The Labute approximate surface area is 137 Å². The minimum atomic E-state index is -1.02. The number of hydrogen-bond acceptors (Lipinski definition) is 4. The Balaban J connectivity index is 2.69. The van der Waals surface area contributed by atoms with Crippen LogP contribution in [0, 0.1) is 5.92 Å². The summed E-state index contributed by atoms with van der Waals surface area (Å²) in [5.41, 5.74) is 0.391. The topological polar surface area (TPSA) is 78.9 Å². The number of ether oxygens (including phenoxy) is 1. The van der Waals surface area contributed by atoms with Gasteiger partial charge in [-0.05, 0) is 44.6 Å². The van der Waals surface area contributed by atoms with Gasteiger partial charge in [-0.15, -0.1) is 0 Å². The smallest absolute Gasteiger partial charge is 0.326 e. The molecule has 0 aliphatic heterocycles. The first-order valence-electron chi connectivity index (χ1n) is 7.71. The number of carbonyl (C=O) groups excluding carboxylic acids is 1. The molecule has 0 heterocycles. The number of hydrogen-bond donors (Lipinski definition) is 2. The van der Waals surface area contributed by atoms with Crippen LogP contribution in [0.15, 0.2) is 24.3 Å². The molecule has 128 valence electrons. The zero-order chi connectivity index (χ0) is 17.4. The lowest BCUT2D eigenvalue weighted by atomic mass is 10.0. The Hall–Kier alpha value is -2.08. The maximum atomic E-state index is 12.2. The Morgan fingerprint density at radius 2 is 2.00 bits per heavy atom. The summed E-state index contributed by atoms with van der Waals surface area (Å²) in [4.78, 5) is 25.5. The van der Waals surface area contributed by atoms with Gasteiger partial charge in [0.1, 0.15) is 18.4 Å². The van der Waals surface area contributed by atoms with E-state index in [9.17, 15) is 14.7 Å². The first-order chi connectivity index (χ1) is 10.8. The fourth-order valence-corrected chi connectivity index (χ4v) is 2.01. The van der Waals surface area contributed by atoms with Gasteiger partial charge in [-0.25, -0.2) is 4.79 Å². The fourth-order valence-electron chi connectivity index (χ4n) is 2.01. The van der Waals surface area contributed by atoms with Crippen molar-refractivity contribution >= 4 is 11.9 Å². The van der Waals surface area contributed by atoms with Gasteiger partial charge in [-0.1, -0.05) is 19.9 Å². The van der Waals surface area contributed by atoms with Gasteiger partial charge in [0.25, 0.3) is 5.91 Å². The van der Waals surface area contributed by atoms with Crippen molar-refractivity contribution < 1.29 is 19.4 Å². The lowest BCUT2D eigenvalue weighted by Crippen LogP contribution is -2.41. The molecular formula is C17H26N2O4. The van der Waals surface area contributed by atoms with E-state index in [4.69, 9.17) is 4.74 Å². The zero-order valence-electron chi connectivity index (χ0n) is 14.2. The number of benzene rings is 1. The number of nitrogens with one attached hydrogen (secondary N) is 1. The SMILES string of the molecule is CC(C)CC(NC(=O)c1cccc(OCCN(C)C)c1)C(=O)O. The molecule has 0 fully saturated rings. The van der Waals surface area contributed by atoms with Crippen LogP contribution in [0.25, 0.3) is 0 Å². The van der Waals surface area contributed by atoms with E-state index in [1.165, 1.54) is 0 Å². The molecule has 0 radical (unpaired) electrons. The van der Waals surface area contributed by atoms with Crippen molar-refractivity contribution in [3.05, 3.63) is 29.8 Å². The van der Waals surface area contributed by atoms with E-state index in [-0.39, 0.29) is 5.92 Å². The molecule has 0 spiro atoms. The van der Waals surface area contributed by atoms with Crippen LogP contribution in [0.1, 0.15) is 30.6 Å². The van der Waals surface area contributed by atoms with Crippen molar-refractivity contribution in [2.45, 2.75) is 26.3 Å². The molecule has 23 heavy (non-hydrogen) atoms. The van der Waals surface area contributed by atoms with Crippen molar-refractivity contribution in [2.75, 3.05) is 27.2 Å². The minimum Gasteiger partial charge on any atom is -0.492 e. The van der Waals surface area contributed by atoms with Gasteiger partial charge in [0.2, 0.25) is 0 Å². The number of carboxylic acid groups (broad SMARTS) is 1. The van der Waals surface area contributed by atoms with Crippen LogP contribution in [0.2, 0.25) is 0 Å². The molecule has 6 nitrogen and oxygen atoms in total. The molecule has 1 aromatic carbocycles. The summed E-state index contributed by atoms with van der Waals surface area (Å²) in [6.45, 7) is 5.12. The highest BCUT2D eigenvalue weighted by atomic mass is 16.5. The lowest BCUT2D eigenvalue weighted by Gasteiger charge is -2.17. The number of carboxylic acids is 1. The monoisotopic (exact) mass is 322 g/mol.